The number of H-pyrrole nitrogens is 1. The van der Waals surface area contributed by atoms with Crippen molar-refractivity contribution in [3.63, 3.8) is 0 Å². The van der Waals surface area contributed by atoms with Crippen LogP contribution in [-0.2, 0) is 6.54 Å². The van der Waals surface area contributed by atoms with Gasteiger partial charge in [-0.1, -0.05) is 30.3 Å². The normalized spacial score (nSPS) is 13.6. The SMILES string of the molecule is C[C@H](NC(=S)N(CCO)Cc1cc2cc3c(cc2[nH]c1=O)OCCO3)c1ccccc1. The molecule has 31 heavy (non-hydrogen) atoms. The van der Waals surface area contributed by atoms with Crippen LogP contribution in [0, 0.1) is 0 Å². The molecule has 1 aliphatic heterocycles. The first-order valence-corrected chi connectivity index (χ1v) is 10.6. The van der Waals surface area contributed by atoms with Gasteiger partial charge in [0.2, 0.25) is 0 Å². The maximum Gasteiger partial charge on any atom is 0.253 e. The molecule has 0 amide bonds. The number of ether oxygens (including phenoxy) is 2. The first-order chi connectivity index (χ1) is 15.0. The van der Waals surface area contributed by atoms with Gasteiger partial charge in [-0.2, -0.15) is 0 Å². The highest BCUT2D eigenvalue weighted by atomic mass is 32.1. The van der Waals surface area contributed by atoms with E-state index in [1.165, 1.54) is 0 Å². The van der Waals surface area contributed by atoms with Crippen molar-refractivity contribution in [2.75, 3.05) is 26.4 Å². The van der Waals surface area contributed by atoms with Gasteiger partial charge in [-0.15, -0.1) is 0 Å². The van der Waals surface area contributed by atoms with E-state index < -0.39 is 0 Å². The molecule has 1 aromatic heterocycles. The zero-order valence-electron chi connectivity index (χ0n) is 17.3. The van der Waals surface area contributed by atoms with Gasteiger partial charge in [-0.25, -0.2) is 0 Å². The highest BCUT2D eigenvalue weighted by Crippen LogP contribution is 2.33. The van der Waals surface area contributed by atoms with Crippen LogP contribution in [0.1, 0.15) is 24.1 Å². The minimum atomic E-state index is -0.203. The summed E-state index contributed by atoms with van der Waals surface area (Å²) in [6, 6.07) is 15.4. The number of hydrogen-bond acceptors (Lipinski definition) is 5. The molecule has 162 valence electrons. The molecule has 0 fully saturated rings. The Morgan fingerprint density at radius 3 is 2.61 bits per heavy atom. The van der Waals surface area contributed by atoms with Crippen LogP contribution < -0.4 is 20.3 Å². The number of aliphatic hydroxyl groups is 1. The first kappa shape index (κ1) is 21.1. The Labute approximate surface area is 185 Å². The Kier molecular flexibility index (Phi) is 6.39. The van der Waals surface area contributed by atoms with Crippen molar-refractivity contribution >= 4 is 28.2 Å². The van der Waals surface area contributed by atoms with Crippen LogP contribution in [0.25, 0.3) is 10.9 Å². The lowest BCUT2D eigenvalue weighted by molar-refractivity contribution is 0.172. The van der Waals surface area contributed by atoms with Gasteiger partial charge in [0.05, 0.1) is 24.7 Å². The number of nitrogens with zero attached hydrogens (tertiary/aromatic N) is 1. The van der Waals surface area contributed by atoms with Gasteiger partial charge in [0, 0.05) is 23.6 Å². The molecule has 1 aliphatic rings. The van der Waals surface area contributed by atoms with Crippen molar-refractivity contribution in [2.45, 2.75) is 19.5 Å². The summed E-state index contributed by atoms with van der Waals surface area (Å²) < 4.78 is 11.2. The van der Waals surface area contributed by atoms with E-state index in [1.807, 2.05) is 49.4 Å². The first-order valence-electron chi connectivity index (χ1n) is 10.2. The molecule has 0 saturated carbocycles. The average Bonchev–Trinajstić information content (AvgIpc) is 2.78. The van der Waals surface area contributed by atoms with Crippen LogP contribution in [0.2, 0.25) is 0 Å². The summed E-state index contributed by atoms with van der Waals surface area (Å²) in [6.45, 7) is 3.51. The molecule has 3 aromatic rings. The molecule has 0 aliphatic carbocycles. The minimum absolute atomic E-state index is 0.00606. The van der Waals surface area contributed by atoms with E-state index in [1.54, 1.807) is 11.0 Å². The topological polar surface area (TPSA) is 86.8 Å². The average molecular weight is 440 g/mol. The molecular weight excluding hydrogens is 414 g/mol. The number of rotatable bonds is 6. The number of aliphatic hydroxyl groups excluding tert-OH is 1. The van der Waals surface area contributed by atoms with Crippen LogP contribution in [0.5, 0.6) is 11.5 Å². The maximum absolute atomic E-state index is 12.7. The Balaban J connectivity index is 1.56. The molecule has 0 radical (unpaired) electrons. The summed E-state index contributed by atoms with van der Waals surface area (Å²) in [5.74, 6) is 1.29. The summed E-state index contributed by atoms with van der Waals surface area (Å²) in [5, 5.41) is 14.2. The van der Waals surface area contributed by atoms with Crippen molar-refractivity contribution in [2.24, 2.45) is 0 Å². The van der Waals surface area contributed by atoms with E-state index in [4.69, 9.17) is 21.7 Å². The molecule has 0 saturated heterocycles. The van der Waals surface area contributed by atoms with Crippen molar-refractivity contribution in [1.82, 2.24) is 15.2 Å². The summed E-state index contributed by atoms with van der Waals surface area (Å²) in [7, 11) is 0. The van der Waals surface area contributed by atoms with Gasteiger partial charge in [0.15, 0.2) is 16.6 Å². The smallest absolute Gasteiger partial charge is 0.253 e. The predicted octanol–water partition coefficient (Wildman–Crippen LogP) is 2.73. The quantitative estimate of drug-likeness (QED) is 0.509. The highest BCUT2D eigenvalue weighted by molar-refractivity contribution is 7.80. The number of thiocarbonyl (C=S) groups is 1. The fourth-order valence-corrected chi connectivity index (χ4v) is 3.92. The summed E-state index contributed by atoms with van der Waals surface area (Å²) in [6.07, 6.45) is 0. The number of pyridine rings is 1. The molecular formula is C23H25N3O4S. The summed E-state index contributed by atoms with van der Waals surface area (Å²) in [5.41, 5.74) is 2.13. The number of fused-ring (bicyclic) bond motifs is 2. The third kappa shape index (κ3) is 4.81. The molecule has 3 N–H and O–H groups in total. The molecule has 0 bridgehead atoms. The van der Waals surface area contributed by atoms with E-state index in [-0.39, 0.29) is 24.8 Å². The molecule has 2 heterocycles. The van der Waals surface area contributed by atoms with Crippen LogP contribution >= 0.6 is 12.2 Å². The maximum atomic E-state index is 12.7. The Bertz CT molecular complexity index is 1130. The number of aromatic amines is 1. The fraction of sp³-hybridized carbons (Fsp3) is 0.304. The van der Waals surface area contributed by atoms with Crippen molar-refractivity contribution in [3.05, 3.63) is 70.0 Å². The second-order valence-electron chi connectivity index (χ2n) is 7.43. The van der Waals surface area contributed by atoms with Gasteiger partial charge >= 0.3 is 0 Å². The van der Waals surface area contributed by atoms with E-state index in [2.05, 4.69) is 10.3 Å². The van der Waals surface area contributed by atoms with E-state index in [9.17, 15) is 9.90 Å². The molecule has 7 nitrogen and oxygen atoms in total. The standard InChI is InChI=1S/C23H25N3O4S/c1-15(16-5-3-2-4-6-16)24-23(31)26(7-8-27)14-18-11-17-12-20-21(30-10-9-29-20)13-19(17)25-22(18)28/h2-6,11-13,15,27H,7-10,14H2,1H3,(H,24,31)(H,25,28)/t15-/m0/s1. The van der Waals surface area contributed by atoms with Gasteiger partial charge in [-0.05, 0) is 36.8 Å². The van der Waals surface area contributed by atoms with E-state index in [0.29, 0.717) is 47.5 Å². The molecule has 4 rings (SSSR count). The predicted molar refractivity (Wildman–Crippen MR) is 124 cm³/mol. The zero-order valence-corrected chi connectivity index (χ0v) is 18.1. The minimum Gasteiger partial charge on any atom is -0.486 e. The lowest BCUT2D eigenvalue weighted by atomic mass is 10.1. The molecule has 2 aromatic carbocycles. The fourth-order valence-electron chi connectivity index (χ4n) is 3.59. The number of benzene rings is 2. The second kappa shape index (κ2) is 9.36. The van der Waals surface area contributed by atoms with Crippen LogP contribution in [0.15, 0.2) is 53.3 Å². The number of aromatic nitrogens is 1. The van der Waals surface area contributed by atoms with Gasteiger partial charge < -0.3 is 29.8 Å². The molecule has 8 heteroatoms. The molecule has 0 unspecified atom stereocenters. The zero-order chi connectivity index (χ0) is 21.8. The Hall–Kier alpha value is -3.10. The lowest BCUT2D eigenvalue weighted by Crippen LogP contribution is -2.42. The monoisotopic (exact) mass is 439 g/mol. The van der Waals surface area contributed by atoms with Crippen LogP contribution in [0.4, 0.5) is 0 Å². The van der Waals surface area contributed by atoms with E-state index in [0.717, 1.165) is 10.9 Å². The largest absolute Gasteiger partial charge is 0.486 e. The van der Waals surface area contributed by atoms with Crippen molar-refractivity contribution in [1.29, 1.82) is 0 Å². The number of nitrogens with one attached hydrogen (secondary N) is 2. The van der Waals surface area contributed by atoms with Crippen LogP contribution in [0.3, 0.4) is 0 Å². The molecule has 0 spiro atoms. The Morgan fingerprint density at radius 2 is 1.90 bits per heavy atom. The van der Waals surface area contributed by atoms with Gasteiger partial charge in [0.1, 0.15) is 13.2 Å². The van der Waals surface area contributed by atoms with Crippen molar-refractivity contribution in [3.8, 4) is 11.5 Å². The number of hydrogen-bond donors (Lipinski definition) is 3. The summed E-state index contributed by atoms with van der Waals surface area (Å²) >= 11 is 5.59. The van der Waals surface area contributed by atoms with Gasteiger partial charge in [0.25, 0.3) is 5.56 Å². The van der Waals surface area contributed by atoms with Gasteiger partial charge in [-0.3, -0.25) is 4.79 Å². The van der Waals surface area contributed by atoms with E-state index >= 15 is 0 Å². The lowest BCUT2D eigenvalue weighted by Gasteiger charge is -2.27. The summed E-state index contributed by atoms with van der Waals surface area (Å²) in [4.78, 5) is 17.4. The molecule has 1 atom stereocenters. The third-order valence-electron chi connectivity index (χ3n) is 5.24. The highest BCUT2D eigenvalue weighted by Gasteiger charge is 2.17. The Morgan fingerprint density at radius 1 is 1.19 bits per heavy atom. The third-order valence-corrected chi connectivity index (χ3v) is 5.62. The van der Waals surface area contributed by atoms with Crippen molar-refractivity contribution < 1.29 is 14.6 Å². The second-order valence-corrected chi connectivity index (χ2v) is 7.82. The van der Waals surface area contributed by atoms with Crippen LogP contribution in [-0.4, -0.2) is 46.5 Å².